The normalized spacial score (nSPS) is 10.5. The van der Waals surface area contributed by atoms with Crippen molar-refractivity contribution in [3.8, 4) is 11.1 Å². The minimum absolute atomic E-state index is 0.584. The first-order chi connectivity index (χ1) is 7.24. The van der Waals surface area contributed by atoms with Gasteiger partial charge in [-0.1, -0.05) is 31.2 Å². The quantitative estimate of drug-likeness (QED) is 0.784. The van der Waals surface area contributed by atoms with Gasteiger partial charge in [-0.25, -0.2) is 0 Å². The number of nitrogen functional groups attached to an aromatic ring is 1. The Morgan fingerprint density at radius 2 is 2.07 bits per heavy atom. The molecule has 3 N–H and O–H groups in total. The first kappa shape index (κ1) is 9.77. The molecule has 0 radical (unpaired) electrons. The number of hydrogen-bond donors (Lipinski definition) is 2. The molecule has 0 unspecified atom stereocenters. The summed E-state index contributed by atoms with van der Waals surface area (Å²) in [5, 5.41) is 7.03. The maximum absolute atomic E-state index is 5.88. The Kier molecular flexibility index (Phi) is 2.46. The lowest BCUT2D eigenvalue weighted by atomic mass is 9.99. The predicted molar refractivity (Wildman–Crippen MR) is 62.6 cm³/mol. The Bertz CT molecular complexity index is 471. The SMILES string of the molecule is CCc1[nH]nc(N)c1-c1ccccc1C. The molecule has 0 atom stereocenters. The van der Waals surface area contributed by atoms with Gasteiger partial charge in [0, 0.05) is 11.3 Å². The number of anilines is 1. The second-order valence-corrected chi connectivity index (χ2v) is 3.63. The highest BCUT2D eigenvalue weighted by atomic mass is 15.2. The van der Waals surface area contributed by atoms with Gasteiger partial charge in [0.1, 0.15) is 0 Å². The van der Waals surface area contributed by atoms with E-state index in [-0.39, 0.29) is 0 Å². The van der Waals surface area contributed by atoms with Gasteiger partial charge in [-0.05, 0) is 24.5 Å². The maximum Gasteiger partial charge on any atom is 0.153 e. The predicted octanol–water partition coefficient (Wildman–Crippen LogP) is 2.53. The molecule has 1 aromatic carbocycles. The van der Waals surface area contributed by atoms with Crippen LogP contribution in [0.4, 0.5) is 5.82 Å². The molecule has 1 heterocycles. The van der Waals surface area contributed by atoms with Crippen LogP contribution in [0.3, 0.4) is 0 Å². The molecule has 0 bridgehead atoms. The van der Waals surface area contributed by atoms with Gasteiger partial charge in [0.15, 0.2) is 5.82 Å². The molecule has 2 aromatic rings. The molecule has 15 heavy (non-hydrogen) atoms. The number of nitrogens with two attached hydrogens (primary N) is 1. The monoisotopic (exact) mass is 201 g/mol. The smallest absolute Gasteiger partial charge is 0.153 e. The van der Waals surface area contributed by atoms with Crippen molar-refractivity contribution in [2.24, 2.45) is 0 Å². The molecule has 2 rings (SSSR count). The van der Waals surface area contributed by atoms with Crippen LogP contribution < -0.4 is 5.73 Å². The van der Waals surface area contributed by atoms with E-state index in [1.165, 1.54) is 11.1 Å². The van der Waals surface area contributed by atoms with Crippen LogP contribution in [0.25, 0.3) is 11.1 Å². The first-order valence-electron chi connectivity index (χ1n) is 5.12. The van der Waals surface area contributed by atoms with Crippen molar-refractivity contribution in [2.45, 2.75) is 20.3 Å². The third-order valence-corrected chi connectivity index (χ3v) is 2.64. The number of nitrogens with zero attached hydrogens (tertiary/aromatic N) is 1. The van der Waals surface area contributed by atoms with Gasteiger partial charge >= 0.3 is 0 Å². The van der Waals surface area contributed by atoms with E-state index < -0.39 is 0 Å². The molecule has 3 heteroatoms. The number of rotatable bonds is 2. The Balaban J connectivity index is 2.63. The summed E-state index contributed by atoms with van der Waals surface area (Å²) in [4.78, 5) is 0. The number of benzene rings is 1. The molecule has 3 nitrogen and oxygen atoms in total. The third-order valence-electron chi connectivity index (χ3n) is 2.64. The highest BCUT2D eigenvalue weighted by Crippen LogP contribution is 2.30. The van der Waals surface area contributed by atoms with Gasteiger partial charge in [0.25, 0.3) is 0 Å². The largest absolute Gasteiger partial charge is 0.382 e. The summed E-state index contributed by atoms with van der Waals surface area (Å²) in [7, 11) is 0. The molecular weight excluding hydrogens is 186 g/mol. The van der Waals surface area contributed by atoms with E-state index in [1.54, 1.807) is 0 Å². The van der Waals surface area contributed by atoms with Crippen molar-refractivity contribution in [3.63, 3.8) is 0 Å². The van der Waals surface area contributed by atoms with E-state index in [9.17, 15) is 0 Å². The Labute approximate surface area is 89.3 Å². The number of aromatic amines is 1. The van der Waals surface area contributed by atoms with E-state index in [4.69, 9.17) is 5.73 Å². The minimum atomic E-state index is 0.584. The van der Waals surface area contributed by atoms with Crippen LogP contribution in [0.1, 0.15) is 18.2 Å². The van der Waals surface area contributed by atoms with Crippen molar-refractivity contribution >= 4 is 5.82 Å². The van der Waals surface area contributed by atoms with Crippen molar-refractivity contribution in [1.82, 2.24) is 10.2 Å². The number of hydrogen-bond acceptors (Lipinski definition) is 2. The van der Waals surface area contributed by atoms with Crippen LogP contribution in [0, 0.1) is 6.92 Å². The summed E-state index contributed by atoms with van der Waals surface area (Å²) in [5.41, 5.74) is 10.4. The minimum Gasteiger partial charge on any atom is -0.382 e. The summed E-state index contributed by atoms with van der Waals surface area (Å²) in [5.74, 6) is 0.584. The lowest BCUT2D eigenvalue weighted by Crippen LogP contribution is -1.91. The molecule has 0 fully saturated rings. The Hall–Kier alpha value is -1.77. The van der Waals surface area contributed by atoms with Crippen LogP contribution in [0.15, 0.2) is 24.3 Å². The van der Waals surface area contributed by atoms with Gasteiger partial charge in [0.2, 0.25) is 0 Å². The number of H-pyrrole nitrogens is 1. The van der Waals surface area contributed by atoms with E-state index in [1.807, 2.05) is 12.1 Å². The van der Waals surface area contributed by atoms with E-state index in [0.717, 1.165) is 17.7 Å². The molecule has 0 saturated carbocycles. The molecule has 0 spiro atoms. The maximum atomic E-state index is 5.88. The van der Waals surface area contributed by atoms with Crippen LogP contribution >= 0.6 is 0 Å². The van der Waals surface area contributed by atoms with Gasteiger partial charge in [-0.3, -0.25) is 5.10 Å². The molecule has 0 aliphatic carbocycles. The molecular formula is C12H15N3. The first-order valence-corrected chi connectivity index (χ1v) is 5.12. The number of aromatic nitrogens is 2. The fraction of sp³-hybridized carbons (Fsp3) is 0.250. The molecule has 0 aliphatic heterocycles. The van der Waals surface area contributed by atoms with Crippen LogP contribution in [-0.2, 0) is 6.42 Å². The number of aryl methyl sites for hydroxylation is 2. The summed E-state index contributed by atoms with van der Waals surface area (Å²) in [6, 6.07) is 8.21. The Morgan fingerprint density at radius 3 is 2.73 bits per heavy atom. The summed E-state index contributed by atoms with van der Waals surface area (Å²) in [6.07, 6.45) is 0.911. The lowest BCUT2D eigenvalue weighted by molar-refractivity contribution is 0.978. The molecule has 0 aliphatic rings. The summed E-state index contributed by atoms with van der Waals surface area (Å²) in [6.45, 7) is 4.18. The van der Waals surface area contributed by atoms with Crippen molar-refractivity contribution < 1.29 is 0 Å². The molecule has 0 amide bonds. The molecule has 78 valence electrons. The number of nitrogens with one attached hydrogen (secondary N) is 1. The van der Waals surface area contributed by atoms with Gasteiger partial charge in [0.05, 0.1) is 0 Å². The van der Waals surface area contributed by atoms with Crippen LogP contribution in [0.2, 0.25) is 0 Å². The van der Waals surface area contributed by atoms with Gasteiger partial charge in [-0.2, -0.15) is 5.10 Å². The average molecular weight is 201 g/mol. The second-order valence-electron chi connectivity index (χ2n) is 3.63. The molecule has 1 aromatic heterocycles. The van der Waals surface area contributed by atoms with Crippen molar-refractivity contribution in [3.05, 3.63) is 35.5 Å². The zero-order chi connectivity index (χ0) is 10.8. The van der Waals surface area contributed by atoms with Gasteiger partial charge in [-0.15, -0.1) is 0 Å². The second kappa shape index (κ2) is 3.77. The van der Waals surface area contributed by atoms with Crippen LogP contribution in [0.5, 0.6) is 0 Å². The highest BCUT2D eigenvalue weighted by molar-refractivity contribution is 5.78. The molecule has 0 saturated heterocycles. The van der Waals surface area contributed by atoms with Crippen molar-refractivity contribution in [2.75, 3.05) is 5.73 Å². The fourth-order valence-corrected chi connectivity index (χ4v) is 1.80. The average Bonchev–Trinajstić information content (AvgIpc) is 2.60. The zero-order valence-corrected chi connectivity index (χ0v) is 9.04. The van der Waals surface area contributed by atoms with E-state index in [0.29, 0.717) is 5.82 Å². The van der Waals surface area contributed by atoms with E-state index in [2.05, 4.69) is 36.2 Å². The van der Waals surface area contributed by atoms with E-state index >= 15 is 0 Å². The Morgan fingerprint density at radius 1 is 1.33 bits per heavy atom. The van der Waals surface area contributed by atoms with Crippen LogP contribution in [-0.4, -0.2) is 10.2 Å². The van der Waals surface area contributed by atoms with Gasteiger partial charge < -0.3 is 5.73 Å². The lowest BCUT2D eigenvalue weighted by Gasteiger charge is -2.05. The zero-order valence-electron chi connectivity index (χ0n) is 9.04. The topological polar surface area (TPSA) is 54.7 Å². The summed E-state index contributed by atoms with van der Waals surface area (Å²) < 4.78 is 0. The summed E-state index contributed by atoms with van der Waals surface area (Å²) >= 11 is 0. The third kappa shape index (κ3) is 1.61. The highest BCUT2D eigenvalue weighted by Gasteiger charge is 2.12. The fourth-order valence-electron chi connectivity index (χ4n) is 1.80. The van der Waals surface area contributed by atoms with Crippen molar-refractivity contribution in [1.29, 1.82) is 0 Å². The standard InChI is InChI=1S/C12H15N3/c1-3-10-11(12(13)15-14-10)9-7-5-4-6-8(9)2/h4-7H,3H2,1-2H3,(H3,13,14,15).